The Balaban J connectivity index is 1.93. The summed E-state index contributed by atoms with van der Waals surface area (Å²) in [5.41, 5.74) is 2.57. The van der Waals surface area contributed by atoms with Gasteiger partial charge in [0.2, 0.25) is 5.88 Å². The van der Waals surface area contributed by atoms with Gasteiger partial charge >= 0.3 is 0 Å². The van der Waals surface area contributed by atoms with E-state index in [1.165, 1.54) is 0 Å². The van der Waals surface area contributed by atoms with Crippen molar-refractivity contribution < 1.29 is 14.6 Å². The van der Waals surface area contributed by atoms with Gasteiger partial charge in [0.15, 0.2) is 0 Å². The van der Waals surface area contributed by atoms with Crippen LogP contribution in [0.5, 0.6) is 11.6 Å². The third kappa shape index (κ3) is 7.16. The number of benzene rings is 2. The molecule has 0 fully saturated rings. The predicted molar refractivity (Wildman–Crippen MR) is 137 cm³/mol. The third-order valence-corrected chi connectivity index (χ3v) is 5.83. The molecular formula is C28H39N3O3. The summed E-state index contributed by atoms with van der Waals surface area (Å²) in [6, 6.07) is 20.1. The molecule has 3 aromatic rings. The average molecular weight is 466 g/mol. The van der Waals surface area contributed by atoms with Crippen molar-refractivity contribution >= 4 is 0 Å². The summed E-state index contributed by atoms with van der Waals surface area (Å²) in [6.07, 6.45) is 0.379. The highest BCUT2D eigenvalue weighted by Crippen LogP contribution is 2.32. The Morgan fingerprint density at radius 3 is 2.24 bits per heavy atom. The summed E-state index contributed by atoms with van der Waals surface area (Å²) >= 11 is 0. The van der Waals surface area contributed by atoms with Crippen molar-refractivity contribution in [2.24, 2.45) is 0 Å². The Morgan fingerprint density at radius 1 is 1.03 bits per heavy atom. The molecule has 0 unspecified atom stereocenters. The summed E-state index contributed by atoms with van der Waals surface area (Å²) in [5, 5.41) is 15.6. The van der Waals surface area contributed by atoms with Crippen molar-refractivity contribution in [1.82, 2.24) is 14.7 Å². The van der Waals surface area contributed by atoms with Gasteiger partial charge in [0.25, 0.3) is 0 Å². The molecule has 0 aliphatic heterocycles. The number of aliphatic hydroxyl groups is 1. The molecular weight excluding hydrogens is 426 g/mol. The van der Waals surface area contributed by atoms with Gasteiger partial charge in [-0.2, -0.15) is 5.10 Å². The zero-order valence-corrected chi connectivity index (χ0v) is 21.4. The lowest BCUT2D eigenvalue weighted by atomic mass is 10.1. The van der Waals surface area contributed by atoms with Crippen molar-refractivity contribution in [3.63, 3.8) is 0 Å². The van der Waals surface area contributed by atoms with E-state index in [0.717, 1.165) is 29.1 Å². The van der Waals surface area contributed by atoms with Crippen LogP contribution >= 0.6 is 0 Å². The van der Waals surface area contributed by atoms with Crippen LogP contribution < -0.4 is 4.74 Å². The number of rotatable bonds is 11. The first-order valence-electron chi connectivity index (χ1n) is 12.1. The van der Waals surface area contributed by atoms with E-state index in [1.54, 1.807) is 0 Å². The van der Waals surface area contributed by atoms with E-state index in [-0.39, 0.29) is 11.6 Å². The average Bonchev–Trinajstić information content (AvgIpc) is 3.12. The first-order valence-corrected chi connectivity index (χ1v) is 12.1. The monoisotopic (exact) mass is 465 g/mol. The third-order valence-electron chi connectivity index (χ3n) is 5.83. The second-order valence-corrected chi connectivity index (χ2v) is 9.80. The van der Waals surface area contributed by atoms with E-state index in [1.807, 2.05) is 93.0 Å². The molecule has 184 valence electrons. The maximum atomic E-state index is 10.7. The van der Waals surface area contributed by atoms with E-state index < -0.39 is 6.10 Å². The lowest BCUT2D eigenvalue weighted by molar-refractivity contribution is -0.0593. The lowest BCUT2D eigenvalue weighted by Crippen LogP contribution is -2.41. The molecule has 0 saturated heterocycles. The lowest BCUT2D eigenvalue weighted by Gasteiger charge is -2.31. The van der Waals surface area contributed by atoms with Crippen molar-refractivity contribution in [2.75, 3.05) is 13.2 Å². The zero-order chi connectivity index (χ0) is 24.7. The molecule has 2 atom stereocenters. The molecule has 1 heterocycles. The highest BCUT2D eigenvalue weighted by Gasteiger charge is 2.25. The Hall–Kier alpha value is -2.67. The summed E-state index contributed by atoms with van der Waals surface area (Å²) < 4.78 is 14.1. The van der Waals surface area contributed by atoms with Crippen LogP contribution in [0.4, 0.5) is 0 Å². The molecule has 34 heavy (non-hydrogen) atoms. The second kappa shape index (κ2) is 11.6. The van der Waals surface area contributed by atoms with Crippen molar-refractivity contribution in [3.05, 3.63) is 71.9 Å². The molecule has 0 aliphatic carbocycles. The molecule has 2 aromatic carbocycles. The molecule has 3 rings (SSSR count). The highest BCUT2D eigenvalue weighted by molar-refractivity contribution is 5.43. The quantitative estimate of drug-likeness (QED) is 0.391. The number of aryl methyl sites for hydroxylation is 1. The molecule has 0 amide bonds. The molecule has 0 saturated carbocycles. The Labute approximate surface area is 204 Å². The first kappa shape index (κ1) is 25.9. The topological polar surface area (TPSA) is 59.8 Å². The van der Waals surface area contributed by atoms with Crippen LogP contribution in [0.1, 0.15) is 52.3 Å². The van der Waals surface area contributed by atoms with Crippen LogP contribution in [-0.2, 0) is 11.3 Å². The van der Waals surface area contributed by atoms with Crippen molar-refractivity contribution in [2.45, 2.75) is 72.3 Å². The van der Waals surface area contributed by atoms with E-state index in [2.05, 4.69) is 18.7 Å². The summed E-state index contributed by atoms with van der Waals surface area (Å²) in [7, 11) is 0. The molecule has 0 radical (unpaired) electrons. The van der Waals surface area contributed by atoms with Gasteiger partial charge in [-0.15, -0.1) is 0 Å². The van der Waals surface area contributed by atoms with Crippen LogP contribution in [0.3, 0.4) is 0 Å². The smallest absolute Gasteiger partial charge is 0.227 e. The van der Waals surface area contributed by atoms with Gasteiger partial charge in [0.1, 0.15) is 5.75 Å². The number of para-hydroxylation sites is 2. The highest BCUT2D eigenvalue weighted by atomic mass is 16.5. The molecule has 1 N–H and O–H groups in total. The fourth-order valence-corrected chi connectivity index (χ4v) is 3.70. The molecule has 0 aliphatic rings. The largest absolute Gasteiger partial charge is 0.439 e. The second-order valence-electron chi connectivity index (χ2n) is 9.80. The minimum Gasteiger partial charge on any atom is -0.439 e. The molecule has 1 aromatic heterocycles. The van der Waals surface area contributed by atoms with Gasteiger partial charge in [-0.1, -0.05) is 43.3 Å². The molecule has 0 spiro atoms. The van der Waals surface area contributed by atoms with E-state index in [4.69, 9.17) is 14.6 Å². The zero-order valence-electron chi connectivity index (χ0n) is 21.4. The van der Waals surface area contributed by atoms with Crippen molar-refractivity contribution in [1.29, 1.82) is 0 Å². The summed E-state index contributed by atoms with van der Waals surface area (Å²) in [6.45, 7) is 13.8. The SMILES string of the molecule is CC[C@@H](C)N(Cc1c(C)nn(-c2ccccc2)c1Oc1ccccc1)C[C@H](O)COC(C)(C)C. The van der Waals surface area contributed by atoms with E-state index >= 15 is 0 Å². The van der Waals surface area contributed by atoms with Gasteiger partial charge < -0.3 is 14.6 Å². The maximum Gasteiger partial charge on any atom is 0.227 e. The van der Waals surface area contributed by atoms with Gasteiger partial charge in [0, 0.05) is 19.1 Å². The number of hydrogen-bond donors (Lipinski definition) is 1. The number of hydrogen-bond acceptors (Lipinski definition) is 5. The van der Waals surface area contributed by atoms with Crippen LogP contribution in [0, 0.1) is 6.92 Å². The maximum absolute atomic E-state index is 10.7. The minimum atomic E-state index is -0.587. The first-order chi connectivity index (χ1) is 16.2. The number of nitrogens with zero attached hydrogens (tertiary/aromatic N) is 3. The normalized spacial score (nSPS) is 13.8. The van der Waals surface area contributed by atoms with Crippen LogP contribution in [0.25, 0.3) is 5.69 Å². The van der Waals surface area contributed by atoms with Crippen molar-refractivity contribution in [3.8, 4) is 17.3 Å². The van der Waals surface area contributed by atoms with Gasteiger partial charge in [0.05, 0.1) is 35.3 Å². The Bertz CT molecular complexity index is 1010. The van der Waals surface area contributed by atoms with Crippen LogP contribution in [0.2, 0.25) is 0 Å². The fraction of sp³-hybridized carbons (Fsp3) is 0.464. The number of aromatic nitrogens is 2. The fourth-order valence-electron chi connectivity index (χ4n) is 3.70. The Morgan fingerprint density at radius 2 is 1.65 bits per heavy atom. The minimum absolute atomic E-state index is 0.272. The summed E-state index contributed by atoms with van der Waals surface area (Å²) in [5.74, 6) is 1.46. The molecule has 6 heteroatoms. The van der Waals surface area contributed by atoms with E-state index in [0.29, 0.717) is 25.6 Å². The van der Waals surface area contributed by atoms with Crippen LogP contribution in [-0.4, -0.2) is 50.7 Å². The Kier molecular flexibility index (Phi) is 8.89. The summed E-state index contributed by atoms with van der Waals surface area (Å²) in [4.78, 5) is 2.29. The van der Waals surface area contributed by atoms with E-state index in [9.17, 15) is 5.11 Å². The predicted octanol–water partition coefficient (Wildman–Crippen LogP) is 5.75. The molecule has 6 nitrogen and oxygen atoms in total. The van der Waals surface area contributed by atoms with Gasteiger partial charge in [-0.05, 0) is 65.3 Å². The standard InChI is InChI=1S/C28H39N3O3/c1-7-21(2)30(18-24(32)20-33-28(4,5)6)19-26-22(3)29-31(23-14-10-8-11-15-23)27(26)34-25-16-12-9-13-17-25/h8-17,21,24,32H,7,18-20H2,1-6H3/t21-,24+/m1/s1. The number of ether oxygens (including phenoxy) is 2. The van der Waals surface area contributed by atoms with Crippen LogP contribution in [0.15, 0.2) is 60.7 Å². The van der Waals surface area contributed by atoms with Gasteiger partial charge in [-0.3, -0.25) is 4.90 Å². The van der Waals surface area contributed by atoms with Gasteiger partial charge in [-0.25, -0.2) is 4.68 Å². The number of aliphatic hydroxyl groups excluding tert-OH is 1. The molecule has 0 bridgehead atoms.